The number of amides is 12. The van der Waals surface area contributed by atoms with Crippen LogP contribution >= 0.6 is 0 Å². The summed E-state index contributed by atoms with van der Waals surface area (Å²) < 4.78 is 127. The smallest absolute Gasteiger partial charge is 0.382 e. The third-order valence-electron chi connectivity index (χ3n) is 24.4. The van der Waals surface area contributed by atoms with E-state index in [0.717, 1.165) is 29.4 Å². The highest BCUT2D eigenvalue weighted by Crippen LogP contribution is 2.50. The van der Waals surface area contributed by atoms with E-state index in [2.05, 4.69) is 16.0 Å². The maximum atomic E-state index is 15.8. The molecule has 4 aliphatic carbocycles. The Kier molecular flexibility index (Phi) is 31.7. The van der Waals surface area contributed by atoms with E-state index < -0.39 is 242 Å². The van der Waals surface area contributed by atoms with Crippen LogP contribution in [0.3, 0.4) is 0 Å². The first-order valence-electron chi connectivity index (χ1n) is 39.5. The number of carbonyl (C=O) groups excluding carboxylic acids is 12. The molecular weight excluding hydrogens is 1470 g/mol. The van der Waals surface area contributed by atoms with Crippen LogP contribution in [-0.2, 0) is 67.0 Å². The van der Waals surface area contributed by atoms with E-state index in [1.165, 1.54) is 71.1 Å². The SMILES string of the molecule is CCCN(C)C(=O)[C@@H]1CC(=O)N(C)[C@@H](COC)C(=O)N[C@@H]([C@@H](C)CC)C(=O)N(C)CC(=O)N(C)[C@H]2C/C=C\CCN(C2=O)[C@@H](CC2CCC(C(F)(F)F)CC2)C(=O)N(C)CC(=O)N[C@@H](CCC2CC(F)C(C(F)(F)F)C(F)C2)C(=O)N2C[C@H](OCC)C[C@H]2C(=O)NC2(CC(C)(C)C2)C(=O)N(C)[C@@H](C2CCCC2)C(=O)N1C. The molecule has 628 valence electrons. The second-order valence-electron chi connectivity index (χ2n) is 33.2. The van der Waals surface area contributed by atoms with Gasteiger partial charge in [0.05, 0.1) is 38.1 Å². The van der Waals surface area contributed by atoms with Crippen molar-refractivity contribution in [3.05, 3.63) is 12.2 Å². The molecule has 2 bridgehead atoms. The molecule has 0 aromatic carbocycles. The molecule has 3 heterocycles. The van der Waals surface area contributed by atoms with Crippen LogP contribution in [0.15, 0.2) is 12.2 Å². The molecule has 26 nitrogen and oxygen atoms in total. The maximum Gasteiger partial charge on any atom is 0.397 e. The molecule has 6 fully saturated rings. The number of fused-ring (bicyclic) bond motifs is 3. The molecule has 2 unspecified atom stereocenters. The third-order valence-corrected chi connectivity index (χ3v) is 24.4. The second-order valence-corrected chi connectivity index (χ2v) is 33.2. The molecule has 3 aliphatic heterocycles. The Bertz CT molecular complexity index is 3320. The molecule has 0 aromatic rings. The van der Waals surface area contributed by atoms with Crippen LogP contribution in [-0.4, -0.2) is 302 Å². The van der Waals surface area contributed by atoms with Crippen molar-refractivity contribution < 1.29 is 102 Å². The highest BCUT2D eigenvalue weighted by Gasteiger charge is 2.60. The standard InChI is InChI=1S/C77H120F8N12O14/c1-15-32-89(7)68(104)56-38-60(99)93(11)58(42-110-14)65(101)87-63(45(4)16-2)71(107)91(9)41-61(100)92(10)54-25-19-18-22-33-96(70(54)106)57(36-46-26-29-49(30-27-46)76(80,81)82)69(105)90(8)40-59(98)86-53(31-28-47-34-51(78)62(52(79)35-47)77(83,84)85)67(103)97-39-50(111-17-3)37-55(97)66(102)88-75(43-74(5,6)44-75)73(109)95(13)64(72(108)94(56)12)48-23-20-21-24-48/h18-19,45-58,62-64H,15-17,20-44H2,1-14H3,(H,86,98)(H,87,101)(H,88,102)/b19-18-/t45-,46?,47?,49?,50+,51?,52?,53-,54-,55-,56-,57-,58-,62?,63-,64-/m0/s1. The van der Waals surface area contributed by atoms with E-state index in [4.69, 9.17) is 9.47 Å². The molecule has 12 atom stereocenters. The number of rotatable bonds is 15. The molecule has 0 radical (unpaired) electrons. The zero-order chi connectivity index (χ0) is 82.7. The van der Waals surface area contributed by atoms with Gasteiger partial charge in [-0.3, -0.25) is 57.5 Å². The number of alkyl halides is 8. The lowest BCUT2D eigenvalue weighted by Crippen LogP contribution is -2.71. The molecule has 12 amide bonds. The number of nitrogens with one attached hydrogen (secondary N) is 3. The van der Waals surface area contributed by atoms with E-state index in [-0.39, 0.29) is 96.9 Å². The Hall–Kier alpha value is -7.26. The van der Waals surface area contributed by atoms with Crippen LogP contribution in [0.1, 0.15) is 176 Å². The fourth-order valence-electron chi connectivity index (χ4n) is 18.0. The van der Waals surface area contributed by atoms with Crippen molar-refractivity contribution in [2.75, 3.05) is 102 Å². The zero-order valence-electron chi connectivity index (χ0n) is 67.0. The van der Waals surface area contributed by atoms with E-state index in [1.54, 1.807) is 32.9 Å². The number of carbonyl (C=O) groups is 12. The van der Waals surface area contributed by atoms with Gasteiger partial charge in [-0.2, -0.15) is 26.3 Å². The van der Waals surface area contributed by atoms with Gasteiger partial charge in [0.25, 0.3) is 0 Å². The average Bonchev–Trinajstić information content (AvgIpc) is 1.48. The summed E-state index contributed by atoms with van der Waals surface area (Å²) in [7, 11) is 10.7. The number of hydrogen-bond donors (Lipinski definition) is 3. The van der Waals surface area contributed by atoms with Gasteiger partial charge >= 0.3 is 12.4 Å². The van der Waals surface area contributed by atoms with Crippen molar-refractivity contribution in [3.8, 4) is 0 Å². The second kappa shape index (κ2) is 38.7. The first kappa shape index (κ1) is 90.9. The fraction of sp³-hybridized carbons (Fsp3) is 0.818. The van der Waals surface area contributed by atoms with Crippen LogP contribution in [0.2, 0.25) is 0 Å². The quantitative estimate of drug-likeness (QED) is 0.119. The largest absolute Gasteiger partial charge is 0.397 e. The lowest BCUT2D eigenvalue weighted by atomic mass is 9.58. The van der Waals surface area contributed by atoms with Gasteiger partial charge in [-0.15, -0.1) is 0 Å². The molecular formula is C77H120F8N12O14. The van der Waals surface area contributed by atoms with Gasteiger partial charge in [-0.1, -0.05) is 66.0 Å². The van der Waals surface area contributed by atoms with Crippen LogP contribution < -0.4 is 16.0 Å². The van der Waals surface area contributed by atoms with E-state index in [0.29, 0.717) is 38.5 Å². The van der Waals surface area contributed by atoms with Crippen LogP contribution in [0.4, 0.5) is 35.1 Å². The minimum Gasteiger partial charge on any atom is -0.382 e. The number of hydrogen-bond acceptors (Lipinski definition) is 14. The lowest BCUT2D eigenvalue weighted by molar-refractivity contribution is -0.219. The Morgan fingerprint density at radius 3 is 1.86 bits per heavy atom. The summed E-state index contributed by atoms with van der Waals surface area (Å²) in [5.41, 5.74) is -2.39. The number of ether oxygens (including phenoxy) is 2. The molecule has 7 rings (SSSR count). The first-order chi connectivity index (χ1) is 52.0. The molecule has 4 saturated carbocycles. The van der Waals surface area contributed by atoms with Gasteiger partial charge in [-0.25, -0.2) is 8.78 Å². The molecule has 111 heavy (non-hydrogen) atoms. The van der Waals surface area contributed by atoms with Gasteiger partial charge in [0.1, 0.15) is 72.1 Å². The van der Waals surface area contributed by atoms with Crippen LogP contribution in [0.5, 0.6) is 0 Å². The Balaban J connectivity index is 1.35. The first-order valence-corrected chi connectivity index (χ1v) is 39.5. The summed E-state index contributed by atoms with van der Waals surface area (Å²) in [4.78, 5) is 193. The Labute approximate surface area is 647 Å². The number of methoxy groups -OCH3 is 1. The van der Waals surface area contributed by atoms with Gasteiger partial charge in [0.15, 0.2) is 0 Å². The van der Waals surface area contributed by atoms with Crippen molar-refractivity contribution in [2.45, 2.75) is 261 Å². The minimum absolute atomic E-state index is 0.00176. The summed E-state index contributed by atoms with van der Waals surface area (Å²) in [6, 6.07) is -11.8. The van der Waals surface area contributed by atoms with E-state index in [1.807, 2.05) is 20.8 Å². The lowest BCUT2D eigenvalue weighted by Gasteiger charge is -2.54. The topological polar surface area (TPSA) is 289 Å². The Morgan fingerprint density at radius 1 is 0.667 bits per heavy atom. The van der Waals surface area contributed by atoms with Crippen LogP contribution in [0.25, 0.3) is 0 Å². The van der Waals surface area contributed by atoms with E-state index >= 15 is 37.5 Å². The third kappa shape index (κ3) is 22.2. The van der Waals surface area contributed by atoms with Crippen molar-refractivity contribution >= 4 is 70.9 Å². The molecule has 1 spiro atoms. The number of nitrogens with zero attached hydrogens (tertiary/aromatic N) is 9. The predicted molar refractivity (Wildman–Crippen MR) is 392 cm³/mol. The van der Waals surface area contributed by atoms with Gasteiger partial charge in [0, 0.05) is 89.1 Å². The molecule has 2 saturated heterocycles. The number of likely N-dealkylation sites (N-methyl/N-ethyl adjacent to an activating group) is 7. The van der Waals surface area contributed by atoms with Gasteiger partial charge in [0.2, 0.25) is 70.9 Å². The summed E-state index contributed by atoms with van der Waals surface area (Å²) >= 11 is 0. The summed E-state index contributed by atoms with van der Waals surface area (Å²) in [6.45, 7) is 8.42. The zero-order valence-corrected chi connectivity index (χ0v) is 67.0. The predicted octanol–water partition coefficient (Wildman–Crippen LogP) is 6.37. The Morgan fingerprint density at radius 2 is 1.29 bits per heavy atom. The summed E-state index contributed by atoms with van der Waals surface area (Å²) in [6.07, 6.45) is -13.6. The molecule has 0 aromatic heterocycles. The fourth-order valence-corrected chi connectivity index (χ4v) is 18.0. The molecule has 34 heteroatoms. The molecule has 7 aliphatic rings. The highest BCUT2D eigenvalue weighted by molar-refractivity contribution is 6.01. The van der Waals surface area contributed by atoms with Crippen molar-refractivity contribution in [1.29, 1.82) is 0 Å². The minimum atomic E-state index is -5.22. The van der Waals surface area contributed by atoms with E-state index in [9.17, 15) is 55.1 Å². The van der Waals surface area contributed by atoms with Crippen molar-refractivity contribution in [3.63, 3.8) is 0 Å². The van der Waals surface area contributed by atoms with Crippen LogP contribution in [0, 0.1) is 40.9 Å². The van der Waals surface area contributed by atoms with Gasteiger partial charge in [-0.05, 0) is 139 Å². The molecule has 3 N–H and O–H groups in total. The average molecular weight is 1590 g/mol. The van der Waals surface area contributed by atoms with Gasteiger partial charge < -0.3 is 69.5 Å². The number of halogens is 8. The van der Waals surface area contributed by atoms with Crippen molar-refractivity contribution in [1.82, 2.24) is 60.0 Å². The summed E-state index contributed by atoms with van der Waals surface area (Å²) in [5.74, 6) is -17.2. The summed E-state index contributed by atoms with van der Waals surface area (Å²) in [5, 5.41) is 8.39. The maximum absolute atomic E-state index is 15.8. The highest BCUT2D eigenvalue weighted by atomic mass is 19.4. The normalized spacial score (nSPS) is 31.9. The monoisotopic (exact) mass is 1590 g/mol. The van der Waals surface area contributed by atoms with Crippen molar-refractivity contribution in [2.24, 2.45) is 40.9 Å².